The molecule has 0 heterocycles. The maximum absolute atomic E-state index is 3.33. The van der Waals surface area contributed by atoms with E-state index < -0.39 is 0 Å². The van der Waals surface area contributed by atoms with E-state index in [0.29, 0.717) is 0 Å². The summed E-state index contributed by atoms with van der Waals surface area (Å²) in [5.74, 6) is 0. The number of hydrogen-bond acceptors (Lipinski definition) is 3. The van der Waals surface area contributed by atoms with Crippen LogP contribution in [0.4, 0.5) is 5.69 Å². The van der Waals surface area contributed by atoms with Gasteiger partial charge in [0.05, 0.1) is 0 Å². The Bertz CT molecular complexity index is 271. The van der Waals surface area contributed by atoms with Crippen molar-refractivity contribution in [2.75, 3.05) is 37.8 Å². The third-order valence-corrected chi connectivity index (χ3v) is 3.13. The largest absolute Gasteiger partial charge is 0.373 e. The Morgan fingerprint density at radius 3 is 2.47 bits per heavy atom. The molecular formula is C12H20N2S. The molecule has 0 spiro atoms. The van der Waals surface area contributed by atoms with Crippen molar-refractivity contribution in [3.8, 4) is 0 Å². The van der Waals surface area contributed by atoms with E-state index in [9.17, 15) is 0 Å². The lowest BCUT2D eigenvalue weighted by Crippen LogP contribution is -2.28. The minimum atomic E-state index is 1.04. The van der Waals surface area contributed by atoms with E-state index in [1.54, 1.807) is 11.8 Å². The van der Waals surface area contributed by atoms with Crippen molar-refractivity contribution in [1.82, 2.24) is 5.32 Å². The zero-order valence-electron chi connectivity index (χ0n) is 9.79. The average Bonchev–Trinajstić information content (AvgIpc) is 2.29. The van der Waals surface area contributed by atoms with Gasteiger partial charge in [-0.15, -0.1) is 11.8 Å². The maximum Gasteiger partial charge on any atom is 0.0364 e. The van der Waals surface area contributed by atoms with Crippen LogP contribution in [0.25, 0.3) is 0 Å². The second-order valence-electron chi connectivity index (χ2n) is 3.47. The minimum absolute atomic E-state index is 1.04. The molecule has 0 aliphatic heterocycles. The standard InChI is InChI=1S/C12H20N2S/c1-4-13-9-10-14(2)11-5-7-12(15-3)8-6-11/h5-8,13H,4,9-10H2,1-3H3. The normalized spacial score (nSPS) is 10.3. The van der Waals surface area contributed by atoms with Crippen molar-refractivity contribution in [1.29, 1.82) is 0 Å². The lowest BCUT2D eigenvalue weighted by atomic mass is 10.3. The second kappa shape index (κ2) is 6.75. The van der Waals surface area contributed by atoms with Crippen LogP contribution in [0.1, 0.15) is 6.92 Å². The molecule has 0 bridgehead atoms. The van der Waals surface area contributed by atoms with E-state index in [2.05, 4.69) is 54.7 Å². The Hall–Kier alpha value is -0.670. The second-order valence-corrected chi connectivity index (χ2v) is 4.35. The molecule has 15 heavy (non-hydrogen) atoms. The van der Waals surface area contributed by atoms with Gasteiger partial charge in [0.2, 0.25) is 0 Å². The van der Waals surface area contributed by atoms with Gasteiger partial charge in [0, 0.05) is 30.7 Å². The van der Waals surface area contributed by atoms with E-state index in [4.69, 9.17) is 0 Å². The summed E-state index contributed by atoms with van der Waals surface area (Å²) in [5.41, 5.74) is 1.28. The minimum Gasteiger partial charge on any atom is -0.373 e. The molecule has 0 aliphatic rings. The highest BCUT2D eigenvalue weighted by atomic mass is 32.2. The average molecular weight is 224 g/mol. The van der Waals surface area contributed by atoms with E-state index in [0.717, 1.165) is 19.6 Å². The topological polar surface area (TPSA) is 15.3 Å². The van der Waals surface area contributed by atoms with E-state index in [-0.39, 0.29) is 0 Å². The third kappa shape index (κ3) is 4.14. The molecule has 1 aromatic carbocycles. The Morgan fingerprint density at radius 1 is 1.27 bits per heavy atom. The first-order chi connectivity index (χ1) is 7.27. The first-order valence-corrected chi connectivity index (χ1v) is 6.56. The van der Waals surface area contributed by atoms with Gasteiger partial charge >= 0.3 is 0 Å². The van der Waals surface area contributed by atoms with Crippen LogP contribution >= 0.6 is 11.8 Å². The number of thioether (sulfide) groups is 1. The van der Waals surface area contributed by atoms with E-state index in [1.807, 2.05) is 0 Å². The number of likely N-dealkylation sites (N-methyl/N-ethyl adjacent to an activating group) is 2. The zero-order valence-corrected chi connectivity index (χ0v) is 10.6. The molecule has 0 radical (unpaired) electrons. The SMILES string of the molecule is CCNCCN(C)c1ccc(SC)cc1. The van der Waals surface area contributed by atoms with Gasteiger partial charge in [0.15, 0.2) is 0 Å². The number of nitrogens with zero attached hydrogens (tertiary/aromatic N) is 1. The molecule has 1 aromatic rings. The fourth-order valence-electron chi connectivity index (χ4n) is 1.39. The van der Waals surface area contributed by atoms with Crippen molar-refractivity contribution in [3.05, 3.63) is 24.3 Å². The molecule has 84 valence electrons. The highest BCUT2D eigenvalue weighted by molar-refractivity contribution is 7.98. The molecule has 1 N–H and O–H groups in total. The number of nitrogens with one attached hydrogen (secondary N) is 1. The molecule has 1 rings (SSSR count). The maximum atomic E-state index is 3.33. The van der Waals surface area contributed by atoms with E-state index in [1.165, 1.54) is 10.6 Å². The van der Waals surface area contributed by atoms with Crippen LogP contribution in [-0.2, 0) is 0 Å². The van der Waals surface area contributed by atoms with Crippen LogP contribution < -0.4 is 10.2 Å². The quantitative estimate of drug-likeness (QED) is 0.590. The lowest BCUT2D eigenvalue weighted by Gasteiger charge is -2.19. The number of hydrogen-bond donors (Lipinski definition) is 1. The van der Waals surface area contributed by atoms with Crippen LogP contribution in [-0.4, -0.2) is 32.9 Å². The van der Waals surface area contributed by atoms with Crippen molar-refractivity contribution < 1.29 is 0 Å². The molecule has 3 heteroatoms. The van der Waals surface area contributed by atoms with Crippen molar-refractivity contribution in [2.24, 2.45) is 0 Å². The Morgan fingerprint density at radius 2 is 1.93 bits per heavy atom. The van der Waals surface area contributed by atoms with Gasteiger partial charge in [-0.3, -0.25) is 0 Å². The molecule has 0 unspecified atom stereocenters. The highest BCUT2D eigenvalue weighted by Gasteiger charge is 1.99. The van der Waals surface area contributed by atoms with Gasteiger partial charge in [0.1, 0.15) is 0 Å². The van der Waals surface area contributed by atoms with Crippen LogP contribution in [0.15, 0.2) is 29.2 Å². The summed E-state index contributed by atoms with van der Waals surface area (Å²) in [6, 6.07) is 8.70. The number of anilines is 1. The molecule has 0 saturated heterocycles. The van der Waals surface area contributed by atoms with Gasteiger partial charge in [-0.25, -0.2) is 0 Å². The summed E-state index contributed by atoms with van der Waals surface area (Å²) in [6.07, 6.45) is 2.10. The summed E-state index contributed by atoms with van der Waals surface area (Å²) in [7, 11) is 2.13. The third-order valence-electron chi connectivity index (χ3n) is 2.39. The predicted octanol–water partition coefficient (Wildman–Crippen LogP) is 2.45. The fraction of sp³-hybridized carbons (Fsp3) is 0.500. The van der Waals surface area contributed by atoms with Crippen molar-refractivity contribution in [2.45, 2.75) is 11.8 Å². The van der Waals surface area contributed by atoms with Crippen LogP contribution in [0, 0.1) is 0 Å². The van der Waals surface area contributed by atoms with E-state index >= 15 is 0 Å². The summed E-state index contributed by atoms with van der Waals surface area (Å²) in [4.78, 5) is 3.59. The first kappa shape index (κ1) is 12.4. The van der Waals surface area contributed by atoms with Gasteiger partial charge in [0.25, 0.3) is 0 Å². The smallest absolute Gasteiger partial charge is 0.0364 e. The Labute approximate surface area is 97.1 Å². The number of benzene rings is 1. The molecule has 0 atom stereocenters. The van der Waals surface area contributed by atoms with Crippen LogP contribution in [0.2, 0.25) is 0 Å². The van der Waals surface area contributed by atoms with Gasteiger partial charge in [-0.2, -0.15) is 0 Å². The molecule has 0 fully saturated rings. The Balaban J connectivity index is 2.46. The highest BCUT2D eigenvalue weighted by Crippen LogP contribution is 2.19. The monoisotopic (exact) mass is 224 g/mol. The molecule has 0 aliphatic carbocycles. The van der Waals surface area contributed by atoms with Crippen LogP contribution in [0.3, 0.4) is 0 Å². The van der Waals surface area contributed by atoms with Crippen LogP contribution in [0.5, 0.6) is 0 Å². The zero-order chi connectivity index (χ0) is 11.1. The van der Waals surface area contributed by atoms with Gasteiger partial charge in [-0.1, -0.05) is 6.92 Å². The molecule has 0 aromatic heterocycles. The predicted molar refractivity (Wildman–Crippen MR) is 70.0 cm³/mol. The molecular weight excluding hydrogens is 204 g/mol. The molecule has 0 amide bonds. The summed E-state index contributed by atoms with van der Waals surface area (Å²) in [5, 5.41) is 3.33. The summed E-state index contributed by atoms with van der Waals surface area (Å²) >= 11 is 1.78. The van der Waals surface area contributed by atoms with Gasteiger partial charge < -0.3 is 10.2 Å². The lowest BCUT2D eigenvalue weighted by molar-refractivity contribution is 0.706. The van der Waals surface area contributed by atoms with Crippen molar-refractivity contribution in [3.63, 3.8) is 0 Å². The molecule has 0 saturated carbocycles. The molecule has 2 nitrogen and oxygen atoms in total. The fourth-order valence-corrected chi connectivity index (χ4v) is 1.80. The summed E-state index contributed by atoms with van der Waals surface area (Å²) in [6.45, 7) is 5.26. The van der Waals surface area contributed by atoms with Crippen molar-refractivity contribution >= 4 is 17.4 Å². The summed E-state index contributed by atoms with van der Waals surface area (Å²) < 4.78 is 0. The Kier molecular flexibility index (Phi) is 5.58. The van der Waals surface area contributed by atoms with Gasteiger partial charge in [-0.05, 0) is 37.1 Å². The first-order valence-electron chi connectivity index (χ1n) is 5.34. The number of rotatable bonds is 6.